The van der Waals surface area contributed by atoms with Crippen molar-refractivity contribution in [3.8, 4) is 0 Å². The van der Waals surface area contributed by atoms with Gasteiger partial charge < -0.3 is 15.5 Å². The monoisotopic (exact) mass is 495 g/mol. The zero-order valence-electron chi connectivity index (χ0n) is 20.6. The van der Waals surface area contributed by atoms with E-state index in [1.165, 1.54) is 12.1 Å². The van der Waals surface area contributed by atoms with Crippen molar-refractivity contribution >= 4 is 33.8 Å². The fourth-order valence-corrected chi connectivity index (χ4v) is 5.07. The Balaban J connectivity index is 1.30. The van der Waals surface area contributed by atoms with E-state index in [9.17, 15) is 14.0 Å². The van der Waals surface area contributed by atoms with Gasteiger partial charge in [-0.2, -0.15) is 0 Å². The van der Waals surface area contributed by atoms with Gasteiger partial charge in [0.25, 0.3) is 5.91 Å². The van der Waals surface area contributed by atoms with E-state index in [1.54, 1.807) is 36.4 Å². The lowest BCUT2D eigenvalue weighted by atomic mass is 9.89. The molecule has 1 fully saturated rings. The second-order valence-electron chi connectivity index (χ2n) is 9.56. The summed E-state index contributed by atoms with van der Waals surface area (Å²) in [6.07, 6.45) is 1.49. The predicted molar refractivity (Wildman–Crippen MR) is 146 cm³/mol. The van der Waals surface area contributed by atoms with Crippen LogP contribution in [0.3, 0.4) is 0 Å². The number of nitrogen functional groups attached to an aromatic ring is 1. The molecule has 2 N–H and O–H groups in total. The highest BCUT2D eigenvalue weighted by Gasteiger charge is 2.27. The Hall–Kier alpha value is -4.03. The van der Waals surface area contributed by atoms with Crippen molar-refractivity contribution in [2.45, 2.75) is 12.8 Å². The number of likely N-dealkylation sites (tertiary alicyclic amines) is 1. The van der Waals surface area contributed by atoms with Crippen LogP contribution in [0, 0.1) is 11.7 Å². The summed E-state index contributed by atoms with van der Waals surface area (Å²) >= 11 is 0. The molecule has 0 spiro atoms. The van der Waals surface area contributed by atoms with Gasteiger partial charge in [0.05, 0.1) is 5.69 Å². The minimum Gasteiger partial charge on any atom is -0.399 e. The summed E-state index contributed by atoms with van der Waals surface area (Å²) in [5.74, 6) is -0.392. The molecular weight excluding hydrogens is 465 g/mol. The van der Waals surface area contributed by atoms with E-state index in [0.29, 0.717) is 29.9 Å². The van der Waals surface area contributed by atoms with Crippen LogP contribution in [0.2, 0.25) is 0 Å². The molecule has 1 amide bonds. The van der Waals surface area contributed by atoms with Gasteiger partial charge in [0.2, 0.25) is 0 Å². The highest BCUT2D eigenvalue weighted by atomic mass is 19.1. The first-order chi connectivity index (χ1) is 18.0. The van der Waals surface area contributed by atoms with Crippen LogP contribution < -0.4 is 10.6 Å². The Bertz CT molecular complexity index is 1390. The number of hydrogen-bond donors (Lipinski definition) is 1. The van der Waals surface area contributed by atoms with E-state index in [4.69, 9.17) is 5.73 Å². The number of carbonyl (C=O) groups is 2. The normalized spacial score (nSPS) is 14.5. The van der Waals surface area contributed by atoms with E-state index in [-0.39, 0.29) is 23.4 Å². The van der Waals surface area contributed by atoms with Gasteiger partial charge in [0.15, 0.2) is 5.78 Å². The number of halogens is 1. The van der Waals surface area contributed by atoms with Crippen LogP contribution in [0.5, 0.6) is 0 Å². The molecule has 1 aliphatic rings. The maximum atomic E-state index is 13.7. The lowest BCUT2D eigenvalue weighted by Crippen LogP contribution is -2.43. The van der Waals surface area contributed by atoms with Crippen molar-refractivity contribution < 1.29 is 14.0 Å². The number of hydrogen-bond acceptors (Lipinski definition) is 4. The maximum absolute atomic E-state index is 13.7. The smallest absolute Gasteiger partial charge is 0.258 e. The quantitative estimate of drug-likeness (QED) is 0.260. The average molecular weight is 496 g/mol. The van der Waals surface area contributed by atoms with Crippen LogP contribution >= 0.6 is 0 Å². The van der Waals surface area contributed by atoms with Crippen molar-refractivity contribution in [1.82, 2.24) is 4.90 Å². The topological polar surface area (TPSA) is 66.6 Å². The number of nitrogens with zero attached hydrogens (tertiary/aromatic N) is 2. The summed E-state index contributed by atoms with van der Waals surface area (Å²) in [6, 6.07) is 26.9. The van der Waals surface area contributed by atoms with Gasteiger partial charge in [-0.3, -0.25) is 9.59 Å². The van der Waals surface area contributed by atoms with Gasteiger partial charge in [-0.15, -0.1) is 0 Å². The Morgan fingerprint density at radius 2 is 1.49 bits per heavy atom. The molecular formula is C31H30FN3O2. The van der Waals surface area contributed by atoms with Gasteiger partial charge in [0.1, 0.15) is 5.82 Å². The third-order valence-corrected chi connectivity index (χ3v) is 7.19. The molecule has 4 aromatic rings. The number of carbonyl (C=O) groups excluding carboxylic acids is 2. The summed E-state index contributed by atoms with van der Waals surface area (Å²) in [5.41, 5.74) is 8.50. The standard InChI is InChI=1S/C31H30FN3O2/c32-26-12-8-23(9-13-26)30(36)24-16-18-34(19-17-24)20-21-35(31(37)25-10-14-27(33)15-11-25)29-7-3-5-22-4-1-2-6-28(22)29/h1-15,24H,16-21,33H2. The molecule has 0 unspecified atom stereocenters. The van der Waals surface area contributed by atoms with E-state index >= 15 is 0 Å². The highest BCUT2D eigenvalue weighted by molar-refractivity contribution is 6.11. The summed E-state index contributed by atoms with van der Waals surface area (Å²) < 4.78 is 13.2. The molecule has 4 aromatic carbocycles. The lowest BCUT2D eigenvalue weighted by molar-refractivity contribution is 0.0841. The predicted octanol–water partition coefficient (Wildman–Crippen LogP) is 5.80. The van der Waals surface area contributed by atoms with Crippen LogP contribution in [-0.4, -0.2) is 42.8 Å². The summed E-state index contributed by atoms with van der Waals surface area (Å²) in [6.45, 7) is 2.77. The maximum Gasteiger partial charge on any atom is 0.258 e. The van der Waals surface area contributed by atoms with Gasteiger partial charge in [-0.25, -0.2) is 4.39 Å². The van der Waals surface area contributed by atoms with Crippen LogP contribution in [-0.2, 0) is 0 Å². The van der Waals surface area contributed by atoms with E-state index in [2.05, 4.69) is 4.90 Å². The van der Waals surface area contributed by atoms with Gasteiger partial charge in [-0.1, -0.05) is 36.4 Å². The zero-order valence-corrected chi connectivity index (χ0v) is 20.6. The average Bonchev–Trinajstić information content (AvgIpc) is 2.94. The molecule has 1 aliphatic heterocycles. The van der Waals surface area contributed by atoms with Crippen molar-refractivity contribution in [3.63, 3.8) is 0 Å². The zero-order chi connectivity index (χ0) is 25.8. The molecule has 0 atom stereocenters. The lowest BCUT2D eigenvalue weighted by Gasteiger charge is -2.33. The van der Waals surface area contributed by atoms with Crippen LogP contribution in [0.15, 0.2) is 91.0 Å². The molecule has 0 radical (unpaired) electrons. The fourth-order valence-electron chi connectivity index (χ4n) is 5.07. The Labute approximate surface area is 216 Å². The number of rotatable bonds is 7. The number of ketones is 1. The minimum atomic E-state index is -0.337. The Morgan fingerprint density at radius 3 is 2.22 bits per heavy atom. The number of nitrogens with two attached hydrogens (primary N) is 1. The van der Waals surface area contributed by atoms with Crippen molar-refractivity contribution in [2.24, 2.45) is 5.92 Å². The third-order valence-electron chi connectivity index (χ3n) is 7.19. The van der Waals surface area contributed by atoms with Crippen molar-refractivity contribution in [3.05, 3.63) is 108 Å². The van der Waals surface area contributed by atoms with E-state index < -0.39 is 0 Å². The summed E-state index contributed by atoms with van der Waals surface area (Å²) in [7, 11) is 0. The van der Waals surface area contributed by atoms with Crippen LogP contribution in [0.1, 0.15) is 33.6 Å². The van der Waals surface area contributed by atoms with Crippen molar-refractivity contribution in [2.75, 3.05) is 36.8 Å². The summed E-state index contributed by atoms with van der Waals surface area (Å²) in [5, 5.41) is 2.10. The third kappa shape index (κ3) is 5.54. The second kappa shape index (κ2) is 10.9. The van der Waals surface area contributed by atoms with Gasteiger partial charge >= 0.3 is 0 Å². The first-order valence-corrected chi connectivity index (χ1v) is 12.7. The molecule has 37 heavy (non-hydrogen) atoms. The molecule has 6 heteroatoms. The number of piperidine rings is 1. The minimum absolute atomic E-state index is 0.0627. The molecule has 1 saturated heterocycles. The fraction of sp³-hybridized carbons (Fsp3) is 0.226. The molecule has 5 nitrogen and oxygen atoms in total. The second-order valence-corrected chi connectivity index (χ2v) is 9.56. The number of anilines is 2. The summed E-state index contributed by atoms with van der Waals surface area (Å²) in [4.78, 5) is 30.7. The first kappa shape index (κ1) is 24.7. The Kier molecular flexibility index (Phi) is 7.28. The molecule has 5 rings (SSSR count). The molecule has 188 valence electrons. The number of amides is 1. The molecule has 0 aromatic heterocycles. The molecule has 0 bridgehead atoms. The highest BCUT2D eigenvalue weighted by Crippen LogP contribution is 2.29. The Morgan fingerprint density at radius 1 is 0.838 bits per heavy atom. The number of benzene rings is 4. The van der Waals surface area contributed by atoms with E-state index in [1.807, 2.05) is 47.4 Å². The number of Topliss-reactive ketones (excluding diaryl/α,β-unsaturated/α-hetero) is 1. The van der Waals surface area contributed by atoms with Gasteiger partial charge in [0, 0.05) is 41.2 Å². The molecule has 0 aliphatic carbocycles. The van der Waals surface area contributed by atoms with Gasteiger partial charge in [-0.05, 0) is 85.9 Å². The largest absolute Gasteiger partial charge is 0.399 e. The van der Waals surface area contributed by atoms with Crippen LogP contribution in [0.4, 0.5) is 15.8 Å². The number of fused-ring (bicyclic) bond motifs is 1. The van der Waals surface area contributed by atoms with Crippen molar-refractivity contribution in [1.29, 1.82) is 0 Å². The molecule has 1 heterocycles. The first-order valence-electron chi connectivity index (χ1n) is 12.7. The van der Waals surface area contributed by atoms with E-state index in [0.717, 1.165) is 42.4 Å². The van der Waals surface area contributed by atoms with Crippen LogP contribution in [0.25, 0.3) is 10.8 Å². The molecule has 0 saturated carbocycles. The SMILES string of the molecule is Nc1ccc(C(=O)N(CCN2CCC(C(=O)c3ccc(F)cc3)CC2)c2cccc3ccccc23)cc1.